The lowest BCUT2D eigenvalue weighted by molar-refractivity contribution is -0.325. The number of benzene rings is 1. The molecule has 0 aromatic heterocycles. The molecule has 1 aromatic carbocycles. The van der Waals surface area contributed by atoms with E-state index in [4.69, 9.17) is 0 Å². The first-order chi connectivity index (χ1) is 11.2. The Morgan fingerprint density at radius 2 is 1.40 bits per heavy atom. The topological polar surface area (TPSA) is 0 Å². The monoisotopic (exact) mass is 593 g/mol. The van der Waals surface area contributed by atoms with Crippen LogP contribution in [0.2, 0.25) is 0 Å². The normalized spacial score (nSPS) is 22.5. The summed E-state index contributed by atoms with van der Waals surface area (Å²) in [5.41, 5.74) is -7.37. The van der Waals surface area contributed by atoms with Crippen molar-refractivity contribution in [3.05, 3.63) is 63.4 Å². The van der Waals surface area contributed by atoms with Gasteiger partial charge in [0.15, 0.2) is 0 Å². The summed E-state index contributed by atoms with van der Waals surface area (Å²) in [5, 5.41) is 0. The van der Waals surface area contributed by atoms with Crippen LogP contribution in [-0.2, 0) is 3.42 Å². The summed E-state index contributed by atoms with van der Waals surface area (Å²) < 4.78 is 105. The van der Waals surface area contributed by atoms with E-state index in [1.165, 1.54) is 69.8 Å². The maximum atomic E-state index is 14.3. The average molecular weight is 593 g/mol. The fourth-order valence-electron chi connectivity index (χ4n) is 2.31. The molecular weight excluding hydrogens is 586 g/mol. The second kappa shape index (κ2) is 6.64. The highest BCUT2D eigenvalue weighted by Gasteiger charge is 2.74. The van der Waals surface area contributed by atoms with E-state index in [2.05, 4.69) is 0 Å². The van der Waals surface area contributed by atoms with Crippen molar-refractivity contribution in [2.24, 2.45) is 0 Å². The summed E-state index contributed by atoms with van der Waals surface area (Å²) in [6, 6.07) is 4.92. The van der Waals surface area contributed by atoms with Crippen LogP contribution in [0.5, 0.6) is 0 Å². The average Bonchev–Trinajstić information content (AvgIpc) is 2.43. The standard InChI is InChI=1S/C15H7F8I2/c16-11-4-2-1-3-10(11)12(25)6-8(5-9(24)7-12)13(17,14(18,19)20)15(21,22)23/h1-7H. The maximum absolute atomic E-state index is 14.3. The van der Waals surface area contributed by atoms with E-state index in [0.29, 0.717) is 12.2 Å². The van der Waals surface area contributed by atoms with E-state index < -0.39 is 32.8 Å². The van der Waals surface area contributed by atoms with E-state index in [-0.39, 0.29) is 9.14 Å². The van der Waals surface area contributed by atoms with Gasteiger partial charge in [0.05, 0.1) is 3.42 Å². The Labute approximate surface area is 164 Å². The van der Waals surface area contributed by atoms with Gasteiger partial charge in [0, 0.05) is 17.6 Å². The van der Waals surface area contributed by atoms with Crippen LogP contribution < -0.4 is 0 Å². The van der Waals surface area contributed by atoms with Gasteiger partial charge >= 0.3 is 18.0 Å². The van der Waals surface area contributed by atoms with Crippen molar-refractivity contribution in [2.75, 3.05) is 0 Å². The predicted molar refractivity (Wildman–Crippen MR) is 92.5 cm³/mol. The van der Waals surface area contributed by atoms with Crippen molar-refractivity contribution in [1.82, 2.24) is 0 Å². The molecule has 0 spiro atoms. The molecule has 0 saturated carbocycles. The van der Waals surface area contributed by atoms with E-state index in [0.717, 1.165) is 6.07 Å². The minimum atomic E-state index is -6.23. The van der Waals surface area contributed by atoms with E-state index in [9.17, 15) is 35.1 Å². The van der Waals surface area contributed by atoms with Gasteiger partial charge < -0.3 is 0 Å². The lowest BCUT2D eigenvalue weighted by Crippen LogP contribution is -2.55. The van der Waals surface area contributed by atoms with Crippen LogP contribution in [0, 0.1) is 12.2 Å². The van der Waals surface area contributed by atoms with Gasteiger partial charge in [-0.25, -0.2) is 8.78 Å². The van der Waals surface area contributed by atoms with Crippen LogP contribution in [0.15, 0.2) is 45.6 Å². The first-order valence-electron chi connectivity index (χ1n) is 6.45. The van der Waals surface area contributed by atoms with Gasteiger partial charge in [0.25, 0.3) is 0 Å². The second-order valence-electron chi connectivity index (χ2n) is 5.18. The van der Waals surface area contributed by atoms with Crippen LogP contribution >= 0.6 is 45.2 Å². The first kappa shape index (κ1) is 20.9. The summed E-state index contributed by atoms with van der Waals surface area (Å²) in [5.74, 6) is -0.835. The third-order valence-corrected chi connectivity index (χ3v) is 5.30. The van der Waals surface area contributed by atoms with E-state index >= 15 is 0 Å². The van der Waals surface area contributed by atoms with Crippen molar-refractivity contribution in [2.45, 2.75) is 21.4 Å². The molecule has 1 aliphatic carbocycles. The summed E-state index contributed by atoms with van der Waals surface area (Å²) in [4.78, 5) is 0. The Morgan fingerprint density at radius 3 is 1.88 bits per heavy atom. The quantitative estimate of drug-likeness (QED) is 0.202. The Balaban J connectivity index is 2.71. The van der Waals surface area contributed by atoms with Gasteiger partial charge in [-0.2, -0.15) is 26.3 Å². The lowest BCUT2D eigenvalue weighted by atomic mass is 9.83. The van der Waals surface area contributed by atoms with Crippen LogP contribution in [0.25, 0.3) is 0 Å². The van der Waals surface area contributed by atoms with Gasteiger partial charge in [0.1, 0.15) is 5.82 Å². The summed E-state index contributed by atoms with van der Waals surface area (Å²) in [6.07, 6.45) is -10.3. The number of alkyl halides is 8. The van der Waals surface area contributed by atoms with Gasteiger partial charge in [-0.3, -0.25) is 0 Å². The Kier molecular flexibility index (Phi) is 5.55. The summed E-state index contributed by atoms with van der Waals surface area (Å²) >= 11 is 2.96. The number of hydrogen-bond acceptors (Lipinski definition) is 0. The predicted octanol–water partition coefficient (Wildman–Crippen LogP) is 6.75. The molecule has 0 fully saturated rings. The minimum Gasteiger partial charge on any atom is -0.218 e. The van der Waals surface area contributed by atoms with Crippen LogP contribution in [0.4, 0.5) is 35.1 Å². The SMILES string of the molecule is Fc1ccccc1C1(I)[CH]C(I)=CC(C(F)(C(F)(F)F)C(F)(F)F)=C1. The molecule has 0 nitrogen and oxygen atoms in total. The summed E-state index contributed by atoms with van der Waals surface area (Å²) in [6.45, 7) is 0. The molecule has 1 aliphatic rings. The van der Waals surface area contributed by atoms with Crippen molar-refractivity contribution in [1.29, 1.82) is 0 Å². The molecule has 0 heterocycles. The zero-order valence-electron chi connectivity index (χ0n) is 11.8. The molecule has 25 heavy (non-hydrogen) atoms. The van der Waals surface area contributed by atoms with E-state index in [1.54, 1.807) is 0 Å². The van der Waals surface area contributed by atoms with Crippen molar-refractivity contribution in [3.63, 3.8) is 0 Å². The highest BCUT2D eigenvalue weighted by Crippen LogP contribution is 2.55. The van der Waals surface area contributed by atoms with Gasteiger partial charge in [-0.1, -0.05) is 46.9 Å². The molecule has 0 bridgehead atoms. The maximum Gasteiger partial charge on any atom is 0.435 e. The zero-order chi connectivity index (χ0) is 19.3. The molecule has 0 N–H and O–H groups in total. The third kappa shape index (κ3) is 3.69. The van der Waals surface area contributed by atoms with E-state index in [1.807, 2.05) is 0 Å². The van der Waals surface area contributed by atoms with Crippen molar-refractivity contribution < 1.29 is 35.1 Å². The number of allylic oxidation sites excluding steroid dienone is 4. The molecular formula is C15H7F8I2. The molecule has 0 saturated heterocycles. The second-order valence-corrected chi connectivity index (χ2v) is 8.21. The Hall–Kier alpha value is -0.400. The molecule has 0 aliphatic heterocycles. The number of rotatable bonds is 2. The fraction of sp³-hybridized carbons (Fsp3) is 0.267. The molecule has 137 valence electrons. The first-order valence-corrected chi connectivity index (χ1v) is 8.61. The zero-order valence-corrected chi connectivity index (χ0v) is 16.1. The van der Waals surface area contributed by atoms with Crippen LogP contribution in [-0.4, -0.2) is 18.0 Å². The molecule has 2 rings (SSSR count). The highest BCUT2D eigenvalue weighted by atomic mass is 127. The highest BCUT2D eigenvalue weighted by molar-refractivity contribution is 14.1. The number of hydrogen-bond donors (Lipinski definition) is 0. The smallest absolute Gasteiger partial charge is 0.218 e. The molecule has 1 aromatic rings. The minimum absolute atomic E-state index is 0.0803. The lowest BCUT2D eigenvalue weighted by Gasteiger charge is -2.36. The molecule has 1 atom stereocenters. The largest absolute Gasteiger partial charge is 0.435 e. The summed E-state index contributed by atoms with van der Waals surface area (Å²) in [7, 11) is 0. The van der Waals surface area contributed by atoms with Gasteiger partial charge in [-0.05, 0) is 38.3 Å². The molecule has 1 radical (unpaired) electrons. The Bertz CT molecular complexity index is 718. The van der Waals surface area contributed by atoms with Crippen molar-refractivity contribution >= 4 is 45.2 Å². The van der Waals surface area contributed by atoms with Crippen molar-refractivity contribution in [3.8, 4) is 0 Å². The molecule has 1 unspecified atom stereocenters. The van der Waals surface area contributed by atoms with Gasteiger partial charge in [0.2, 0.25) is 0 Å². The van der Waals surface area contributed by atoms with Gasteiger partial charge in [-0.15, -0.1) is 0 Å². The number of halogens is 10. The van der Waals surface area contributed by atoms with Crippen LogP contribution in [0.3, 0.4) is 0 Å². The Morgan fingerprint density at radius 1 is 0.880 bits per heavy atom. The molecule has 0 amide bonds. The third-order valence-electron chi connectivity index (χ3n) is 3.47. The van der Waals surface area contributed by atoms with Crippen LogP contribution in [0.1, 0.15) is 5.56 Å². The molecule has 10 heteroatoms. The fourth-order valence-corrected chi connectivity index (χ4v) is 4.85.